The zero-order chi connectivity index (χ0) is 19.4. The first-order chi connectivity index (χ1) is 13.0. The molecule has 2 N–H and O–H groups in total. The van der Waals surface area contributed by atoms with Crippen molar-refractivity contribution in [1.29, 1.82) is 0 Å². The van der Waals surface area contributed by atoms with Crippen LogP contribution in [-0.4, -0.2) is 44.3 Å². The van der Waals surface area contributed by atoms with Gasteiger partial charge in [0.05, 0.1) is 29.8 Å². The molecule has 0 aliphatic carbocycles. The number of benzene rings is 2. The molecule has 0 aliphatic rings. The van der Waals surface area contributed by atoms with Crippen LogP contribution in [0.3, 0.4) is 0 Å². The number of hydrogen-bond acceptors (Lipinski definition) is 8. The fraction of sp³-hybridized carbons (Fsp3) is 0.125. The minimum absolute atomic E-state index is 0.0209. The second-order valence-electron chi connectivity index (χ2n) is 5.37. The number of methoxy groups -OCH3 is 1. The van der Waals surface area contributed by atoms with Crippen molar-refractivity contribution in [3.63, 3.8) is 0 Å². The lowest BCUT2D eigenvalue weighted by molar-refractivity contribution is -0.385. The second kappa shape index (κ2) is 7.47. The number of hydrazone groups is 1. The summed E-state index contributed by atoms with van der Waals surface area (Å²) in [5, 5.41) is 32.5. The molecule has 0 radical (unpaired) electrons. The number of rotatable bonds is 6. The normalized spacial score (nSPS) is 11.0. The van der Waals surface area contributed by atoms with Gasteiger partial charge in [-0.2, -0.15) is 5.10 Å². The standard InChI is InChI=1S/C16H14N6O5/c1-27-14-7-11(22(25)26)6-10(16(14)24)8-17-19-15(23)9-21-13-5-3-2-4-12(13)18-20-21/h2-8,24H,9H2,1H3,(H,19,23). The highest BCUT2D eigenvalue weighted by molar-refractivity contribution is 5.87. The van der Waals surface area contributed by atoms with Crippen molar-refractivity contribution in [3.8, 4) is 11.5 Å². The van der Waals surface area contributed by atoms with Gasteiger partial charge >= 0.3 is 0 Å². The minimum Gasteiger partial charge on any atom is -0.504 e. The summed E-state index contributed by atoms with van der Waals surface area (Å²) in [5.41, 5.74) is 3.35. The van der Waals surface area contributed by atoms with E-state index in [4.69, 9.17) is 4.74 Å². The van der Waals surface area contributed by atoms with Crippen molar-refractivity contribution in [1.82, 2.24) is 20.4 Å². The molecule has 11 heteroatoms. The lowest BCUT2D eigenvalue weighted by atomic mass is 10.2. The lowest BCUT2D eigenvalue weighted by Crippen LogP contribution is -2.23. The summed E-state index contributed by atoms with van der Waals surface area (Å²) in [5.74, 6) is -0.895. The molecule has 2 aromatic carbocycles. The van der Waals surface area contributed by atoms with E-state index in [1.807, 2.05) is 6.07 Å². The smallest absolute Gasteiger partial charge is 0.274 e. The molecule has 0 saturated heterocycles. The molecule has 3 rings (SSSR count). The number of fused-ring (bicyclic) bond motifs is 1. The van der Waals surface area contributed by atoms with Crippen LogP contribution in [0.15, 0.2) is 41.5 Å². The molecule has 1 heterocycles. The molecule has 3 aromatic rings. The van der Waals surface area contributed by atoms with Gasteiger partial charge in [0.2, 0.25) is 0 Å². The molecule has 0 saturated carbocycles. The molecule has 1 aromatic heterocycles. The molecular formula is C16H14N6O5. The summed E-state index contributed by atoms with van der Waals surface area (Å²) in [7, 11) is 1.27. The van der Waals surface area contributed by atoms with E-state index in [1.54, 1.807) is 18.2 Å². The van der Waals surface area contributed by atoms with Crippen molar-refractivity contribution in [2.24, 2.45) is 5.10 Å². The maximum atomic E-state index is 12.0. The Bertz CT molecular complexity index is 1040. The van der Waals surface area contributed by atoms with E-state index < -0.39 is 10.8 Å². The monoisotopic (exact) mass is 370 g/mol. The van der Waals surface area contributed by atoms with E-state index in [0.29, 0.717) is 11.0 Å². The van der Waals surface area contributed by atoms with Crippen molar-refractivity contribution in [2.45, 2.75) is 6.54 Å². The fourth-order valence-electron chi connectivity index (χ4n) is 2.35. The topological polar surface area (TPSA) is 145 Å². The molecular weight excluding hydrogens is 356 g/mol. The molecule has 11 nitrogen and oxygen atoms in total. The van der Waals surface area contributed by atoms with E-state index in [1.165, 1.54) is 11.8 Å². The van der Waals surface area contributed by atoms with Gasteiger partial charge in [0.1, 0.15) is 12.1 Å². The molecule has 1 amide bonds. The molecule has 27 heavy (non-hydrogen) atoms. The average Bonchev–Trinajstić information content (AvgIpc) is 3.06. The zero-order valence-electron chi connectivity index (χ0n) is 14.1. The molecule has 0 fully saturated rings. The van der Waals surface area contributed by atoms with Crippen LogP contribution in [0.4, 0.5) is 5.69 Å². The number of hydrogen-bond donors (Lipinski definition) is 2. The van der Waals surface area contributed by atoms with Gasteiger partial charge in [0, 0.05) is 11.6 Å². The number of para-hydroxylation sites is 1. The van der Waals surface area contributed by atoms with Crippen LogP contribution in [0.2, 0.25) is 0 Å². The van der Waals surface area contributed by atoms with Gasteiger partial charge in [-0.05, 0) is 12.1 Å². The van der Waals surface area contributed by atoms with Crippen LogP contribution < -0.4 is 10.2 Å². The number of nitrogens with zero attached hydrogens (tertiary/aromatic N) is 5. The summed E-state index contributed by atoms with van der Waals surface area (Å²) in [6.45, 7) is -0.123. The van der Waals surface area contributed by atoms with Crippen LogP contribution in [0.5, 0.6) is 11.5 Å². The number of nitrogens with one attached hydrogen (secondary N) is 1. The van der Waals surface area contributed by atoms with Crippen LogP contribution >= 0.6 is 0 Å². The number of ether oxygens (including phenoxy) is 1. The van der Waals surface area contributed by atoms with Gasteiger partial charge in [-0.1, -0.05) is 17.3 Å². The molecule has 0 bridgehead atoms. The molecule has 0 spiro atoms. The van der Waals surface area contributed by atoms with E-state index in [9.17, 15) is 20.0 Å². The number of nitro groups is 1. The van der Waals surface area contributed by atoms with Crippen molar-refractivity contribution >= 4 is 28.8 Å². The van der Waals surface area contributed by atoms with Gasteiger partial charge in [-0.15, -0.1) is 5.10 Å². The Morgan fingerprint density at radius 3 is 2.96 bits per heavy atom. The van der Waals surface area contributed by atoms with E-state index in [2.05, 4.69) is 20.8 Å². The Balaban J connectivity index is 1.72. The maximum absolute atomic E-state index is 12.0. The van der Waals surface area contributed by atoms with Gasteiger partial charge < -0.3 is 9.84 Å². The lowest BCUT2D eigenvalue weighted by Gasteiger charge is -2.06. The fourth-order valence-corrected chi connectivity index (χ4v) is 2.35. The third-order valence-corrected chi connectivity index (χ3v) is 3.63. The summed E-state index contributed by atoms with van der Waals surface area (Å²) < 4.78 is 6.30. The Hall–Kier alpha value is -4.02. The summed E-state index contributed by atoms with van der Waals surface area (Å²) in [6, 6.07) is 9.36. The number of non-ortho nitro benzene ring substituents is 1. The Labute approximate surface area is 152 Å². The number of phenols is 1. The van der Waals surface area contributed by atoms with E-state index >= 15 is 0 Å². The molecule has 0 unspecified atom stereocenters. The van der Waals surface area contributed by atoms with Crippen LogP contribution in [0.1, 0.15) is 5.56 Å². The Morgan fingerprint density at radius 2 is 2.22 bits per heavy atom. The average molecular weight is 370 g/mol. The molecule has 0 atom stereocenters. The zero-order valence-corrected chi connectivity index (χ0v) is 14.1. The third kappa shape index (κ3) is 3.81. The highest BCUT2D eigenvalue weighted by atomic mass is 16.6. The van der Waals surface area contributed by atoms with Crippen LogP contribution in [0.25, 0.3) is 11.0 Å². The Kier molecular flexibility index (Phi) is 4.92. The van der Waals surface area contributed by atoms with E-state index in [0.717, 1.165) is 18.3 Å². The number of phenolic OH excluding ortho intramolecular Hbond substituents is 1. The first-order valence-electron chi connectivity index (χ1n) is 7.65. The number of carbonyl (C=O) groups excluding carboxylic acids is 1. The summed E-state index contributed by atoms with van der Waals surface area (Å²) in [4.78, 5) is 22.3. The van der Waals surface area contributed by atoms with E-state index in [-0.39, 0.29) is 29.3 Å². The van der Waals surface area contributed by atoms with Gasteiger partial charge in [0.25, 0.3) is 11.6 Å². The van der Waals surface area contributed by atoms with Crippen molar-refractivity contribution in [2.75, 3.05) is 7.11 Å². The molecule has 0 aliphatic heterocycles. The van der Waals surface area contributed by atoms with Gasteiger partial charge in [0.15, 0.2) is 11.5 Å². The predicted molar refractivity (Wildman–Crippen MR) is 94.6 cm³/mol. The highest BCUT2D eigenvalue weighted by Crippen LogP contribution is 2.33. The maximum Gasteiger partial charge on any atom is 0.274 e. The number of carbonyl (C=O) groups is 1. The number of aromatic nitrogens is 3. The van der Waals surface area contributed by atoms with Gasteiger partial charge in [-0.25, -0.2) is 10.1 Å². The second-order valence-corrected chi connectivity index (χ2v) is 5.37. The summed E-state index contributed by atoms with van der Waals surface area (Å²) in [6.07, 6.45) is 1.09. The quantitative estimate of drug-likeness (QED) is 0.377. The first-order valence-corrected chi connectivity index (χ1v) is 7.65. The number of nitro benzene ring substituents is 1. The Morgan fingerprint density at radius 1 is 1.44 bits per heavy atom. The van der Waals surface area contributed by atoms with Gasteiger partial charge in [-0.3, -0.25) is 14.9 Å². The van der Waals surface area contributed by atoms with Crippen molar-refractivity contribution in [3.05, 3.63) is 52.1 Å². The largest absolute Gasteiger partial charge is 0.504 e. The number of aromatic hydroxyl groups is 1. The van der Waals surface area contributed by atoms with Crippen LogP contribution in [-0.2, 0) is 11.3 Å². The van der Waals surface area contributed by atoms with Crippen molar-refractivity contribution < 1.29 is 19.6 Å². The minimum atomic E-state index is -0.631. The molecule has 138 valence electrons. The highest BCUT2D eigenvalue weighted by Gasteiger charge is 2.16. The third-order valence-electron chi connectivity index (χ3n) is 3.63. The van der Waals surface area contributed by atoms with Crippen LogP contribution in [0, 0.1) is 10.1 Å². The summed E-state index contributed by atoms with van der Waals surface area (Å²) >= 11 is 0. The predicted octanol–water partition coefficient (Wildman–Crippen LogP) is 1.20. The SMILES string of the molecule is COc1cc([N+](=O)[O-])cc(C=NNC(=O)Cn2nnc3ccccc32)c1O. The first kappa shape index (κ1) is 17.8. The number of amides is 1.